The summed E-state index contributed by atoms with van der Waals surface area (Å²) < 4.78 is 15.8. The predicted molar refractivity (Wildman–Crippen MR) is 181 cm³/mol. The van der Waals surface area contributed by atoms with Crippen LogP contribution in [0.3, 0.4) is 0 Å². The van der Waals surface area contributed by atoms with Crippen molar-refractivity contribution in [3.8, 4) is 11.8 Å². The number of ether oxygens (including phenoxy) is 3. The van der Waals surface area contributed by atoms with E-state index in [2.05, 4.69) is 11.0 Å². The Morgan fingerprint density at radius 3 is 2.19 bits per heavy atom. The monoisotopic (exact) mass is 669 g/mol. The van der Waals surface area contributed by atoms with Crippen molar-refractivity contribution < 1.29 is 28.6 Å². The number of carbonyl (C=O) groups excluding carboxylic acids is 3. The maximum Gasteiger partial charge on any atom is 0.355 e. The van der Waals surface area contributed by atoms with Gasteiger partial charge in [0.1, 0.15) is 17.3 Å². The smallest absolute Gasteiger partial charge is 0.355 e. The molecule has 1 atom stereocenters. The lowest BCUT2D eigenvalue weighted by Crippen LogP contribution is -2.48. The second-order valence-electron chi connectivity index (χ2n) is 11.1. The molecule has 2 N–H and O–H groups in total. The molecule has 1 fully saturated rings. The summed E-state index contributed by atoms with van der Waals surface area (Å²) in [6.45, 7) is 4.69. The Hall–Kier alpha value is -5.47. The number of amides is 1. The van der Waals surface area contributed by atoms with Gasteiger partial charge in [0.2, 0.25) is 0 Å². The molecular formula is C36H36ClN5O6. The Bertz CT molecular complexity index is 1790. The number of esters is 2. The lowest BCUT2D eigenvalue weighted by molar-refractivity contribution is -0.139. The topological polar surface area (TPSA) is 138 Å². The van der Waals surface area contributed by atoms with Gasteiger partial charge in [-0.15, -0.1) is 0 Å². The van der Waals surface area contributed by atoms with Gasteiger partial charge in [-0.1, -0.05) is 48.9 Å². The van der Waals surface area contributed by atoms with Crippen molar-refractivity contribution in [3.63, 3.8) is 0 Å². The zero-order chi connectivity index (χ0) is 34.4. The van der Waals surface area contributed by atoms with E-state index < -0.39 is 17.9 Å². The van der Waals surface area contributed by atoms with Crippen LogP contribution in [0, 0.1) is 11.3 Å². The largest absolute Gasteiger partial charge is 0.494 e. The highest BCUT2D eigenvalue weighted by molar-refractivity contribution is 6.33. The van der Waals surface area contributed by atoms with Crippen LogP contribution in [0.1, 0.15) is 35.2 Å². The molecule has 2 aliphatic heterocycles. The van der Waals surface area contributed by atoms with Crippen molar-refractivity contribution in [1.82, 2.24) is 4.90 Å². The summed E-state index contributed by atoms with van der Waals surface area (Å²) >= 11 is 6.85. The van der Waals surface area contributed by atoms with E-state index in [1.54, 1.807) is 77.7 Å². The number of halogens is 1. The first-order valence-corrected chi connectivity index (χ1v) is 15.8. The molecule has 1 saturated heterocycles. The van der Waals surface area contributed by atoms with E-state index in [1.165, 1.54) is 19.1 Å². The van der Waals surface area contributed by atoms with E-state index in [9.17, 15) is 19.6 Å². The predicted octanol–water partition coefficient (Wildman–Crippen LogP) is 4.99. The van der Waals surface area contributed by atoms with Crippen LogP contribution in [-0.2, 0) is 19.1 Å². The Morgan fingerprint density at radius 2 is 1.60 bits per heavy atom. The number of allylic oxidation sites excluding steroid dienone is 1. The van der Waals surface area contributed by atoms with Gasteiger partial charge >= 0.3 is 11.9 Å². The van der Waals surface area contributed by atoms with Gasteiger partial charge in [0.15, 0.2) is 0 Å². The number of carbonyl (C=O) groups is 3. The van der Waals surface area contributed by atoms with Crippen LogP contribution < -0.4 is 20.3 Å². The van der Waals surface area contributed by atoms with E-state index in [0.717, 1.165) is 12.2 Å². The minimum atomic E-state index is -0.977. The van der Waals surface area contributed by atoms with E-state index in [1.807, 2.05) is 6.92 Å². The van der Waals surface area contributed by atoms with E-state index in [0.29, 0.717) is 60.3 Å². The van der Waals surface area contributed by atoms with Gasteiger partial charge in [0.25, 0.3) is 5.91 Å². The molecule has 3 aromatic carbocycles. The number of hydrogen-bond acceptors (Lipinski definition) is 10. The first-order valence-electron chi connectivity index (χ1n) is 15.5. The van der Waals surface area contributed by atoms with Gasteiger partial charge in [-0.3, -0.25) is 9.69 Å². The van der Waals surface area contributed by atoms with Crippen LogP contribution in [0.15, 0.2) is 95.5 Å². The highest BCUT2D eigenvalue weighted by atomic mass is 35.5. The van der Waals surface area contributed by atoms with Crippen LogP contribution in [0.5, 0.6) is 5.75 Å². The summed E-state index contributed by atoms with van der Waals surface area (Å²) in [6, 6.07) is 23.2. The third kappa shape index (κ3) is 6.66. The quantitative estimate of drug-likeness (QED) is 0.310. The van der Waals surface area contributed by atoms with Crippen LogP contribution in [0.25, 0.3) is 0 Å². The molecule has 248 valence electrons. The van der Waals surface area contributed by atoms with Gasteiger partial charge < -0.3 is 29.7 Å². The maximum atomic E-state index is 13.4. The molecule has 0 saturated carbocycles. The number of anilines is 2. The van der Waals surface area contributed by atoms with Crippen molar-refractivity contribution in [3.05, 3.63) is 112 Å². The summed E-state index contributed by atoms with van der Waals surface area (Å²) in [7, 11) is 2.39. The summed E-state index contributed by atoms with van der Waals surface area (Å²) in [5.41, 5.74) is 8.61. The molecule has 0 aromatic heterocycles. The average Bonchev–Trinajstić information content (AvgIpc) is 3.13. The number of benzene rings is 3. The lowest BCUT2D eigenvalue weighted by atomic mass is 9.81. The van der Waals surface area contributed by atoms with Crippen molar-refractivity contribution >= 4 is 40.8 Å². The maximum absolute atomic E-state index is 13.4. The zero-order valence-electron chi connectivity index (χ0n) is 26.9. The number of hydrogen-bond donors (Lipinski definition) is 1. The Kier molecular flexibility index (Phi) is 10.6. The van der Waals surface area contributed by atoms with Gasteiger partial charge in [-0.25, -0.2) is 9.59 Å². The first-order chi connectivity index (χ1) is 23.2. The molecule has 2 heterocycles. The number of nitriles is 1. The van der Waals surface area contributed by atoms with Gasteiger partial charge in [0.05, 0.1) is 54.7 Å². The summed E-state index contributed by atoms with van der Waals surface area (Å²) in [5.74, 6) is -2.02. The average molecular weight is 670 g/mol. The van der Waals surface area contributed by atoms with Crippen molar-refractivity contribution in [1.29, 1.82) is 5.26 Å². The number of nitrogens with two attached hydrogens (primary N) is 1. The van der Waals surface area contributed by atoms with Crippen LogP contribution >= 0.6 is 11.6 Å². The molecular weight excluding hydrogens is 634 g/mol. The van der Waals surface area contributed by atoms with E-state index >= 15 is 0 Å². The molecule has 48 heavy (non-hydrogen) atoms. The molecule has 2 aliphatic rings. The fourth-order valence-corrected chi connectivity index (χ4v) is 6.21. The Morgan fingerprint density at radius 1 is 0.938 bits per heavy atom. The van der Waals surface area contributed by atoms with Gasteiger partial charge in [0, 0.05) is 37.4 Å². The third-order valence-corrected chi connectivity index (χ3v) is 8.58. The number of piperazine rings is 1. The fraction of sp³-hybridized carbons (Fsp3) is 0.278. The standard InChI is InChI=1S/C36H36ClN5O6/c1-4-20-48-26-13-10-24(11-14-26)34(43)41-18-16-40(17-19-41)29-15-12-25(21-28(29)37)42-32(36(45)47-3)31(35(44)46-2)30(27(22-38)33(42)39)23-8-6-5-7-9-23/h5-15,21,30H,4,16-20,39H2,1-3H3. The van der Waals surface area contributed by atoms with Gasteiger partial charge in [-0.05, 0) is 54.4 Å². The number of rotatable bonds is 9. The molecule has 5 rings (SSSR count). The normalized spacial score (nSPS) is 16.4. The molecule has 0 aliphatic carbocycles. The lowest BCUT2D eigenvalue weighted by Gasteiger charge is -2.38. The summed E-state index contributed by atoms with van der Waals surface area (Å²) in [5, 5.41) is 10.6. The van der Waals surface area contributed by atoms with E-state index in [4.69, 9.17) is 31.5 Å². The minimum absolute atomic E-state index is 0.0540. The minimum Gasteiger partial charge on any atom is -0.494 e. The molecule has 1 unspecified atom stereocenters. The van der Waals surface area contributed by atoms with Crippen molar-refractivity contribution in [2.24, 2.45) is 5.73 Å². The highest BCUT2D eigenvalue weighted by Gasteiger charge is 2.43. The second-order valence-corrected chi connectivity index (χ2v) is 11.5. The molecule has 0 bridgehead atoms. The molecule has 11 nitrogen and oxygen atoms in total. The van der Waals surface area contributed by atoms with E-state index in [-0.39, 0.29) is 28.6 Å². The summed E-state index contributed by atoms with van der Waals surface area (Å²) in [6.07, 6.45) is 0.903. The summed E-state index contributed by atoms with van der Waals surface area (Å²) in [4.78, 5) is 45.0. The van der Waals surface area contributed by atoms with Crippen LogP contribution in [-0.4, -0.2) is 69.8 Å². The Balaban J connectivity index is 1.42. The van der Waals surface area contributed by atoms with Crippen LogP contribution in [0.2, 0.25) is 5.02 Å². The molecule has 12 heteroatoms. The van der Waals surface area contributed by atoms with Crippen LogP contribution in [0.4, 0.5) is 11.4 Å². The number of methoxy groups -OCH3 is 2. The molecule has 0 radical (unpaired) electrons. The van der Waals surface area contributed by atoms with Crippen molar-refractivity contribution in [2.75, 3.05) is 56.8 Å². The molecule has 0 spiro atoms. The second kappa shape index (κ2) is 15.0. The van der Waals surface area contributed by atoms with Gasteiger partial charge in [-0.2, -0.15) is 5.26 Å². The Labute approximate surface area is 284 Å². The third-order valence-electron chi connectivity index (χ3n) is 8.28. The molecule has 1 amide bonds. The molecule has 3 aromatic rings. The SMILES string of the molecule is CCCOc1ccc(C(=O)N2CCN(c3ccc(N4C(N)=C(C#N)C(c5ccccc5)C(C(=O)OC)=C4C(=O)OC)cc3Cl)CC2)cc1. The zero-order valence-corrected chi connectivity index (χ0v) is 27.7. The first kappa shape index (κ1) is 33.9. The number of nitrogens with zero attached hydrogens (tertiary/aromatic N) is 4. The highest BCUT2D eigenvalue weighted by Crippen LogP contribution is 2.44. The van der Waals surface area contributed by atoms with Crippen molar-refractivity contribution in [2.45, 2.75) is 19.3 Å². The fourth-order valence-electron chi connectivity index (χ4n) is 5.92.